The first kappa shape index (κ1) is 14.6. The first-order chi connectivity index (χ1) is 11.1. The van der Waals surface area contributed by atoms with E-state index in [0.717, 1.165) is 17.1 Å². The van der Waals surface area contributed by atoms with Crippen LogP contribution in [-0.4, -0.2) is 31.1 Å². The third kappa shape index (κ3) is 3.67. The number of nitrogens with one attached hydrogen (secondary N) is 3. The molecule has 0 aliphatic heterocycles. The van der Waals surface area contributed by atoms with Crippen LogP contribution in [0.1, 0.15) is 21.7 Å². The Balaban J connectivity index is 1.78. The Morgan fingerprint density at radius 2 is 1.91 bits per heavy atom. The van der Waals surface area contributed by atoms with E-state index in [0.29, 0.717) is 17.5 Å². The van der Waals surface area contributed by atoms with Crippen LogP contribution >= 0.6 is 0 Å². The summed E-state index contributed by atoms with van der Waals surface area (Å²) in [6, 6.07) is 8.94. The highest BCUT2D eigenvalue weighted by atomic mass is 16.1. The van der Waals surface area contributed by atoms with E-state index in [1.165, 1.54) is 6.33 Å². The number of rotatable bonds is 4. The number of aromatic nitrogens is 5. The van der Waals surface area contributed by atoms with E-state index in [-0.39, 0.29) is 5.91 Å². The Hall–Kier alpha value is -3.29. The first-order valence-corrected chi connectivity index (χ1v) is 6.96. The number of hydrogen-bond donors (Lipinski definition) is 3. The van der Waals surface area contributed by atoms with E-state index in [2.05, 4.69) is 35.8 Å². The van der Waals surface area contributed by atoms with E-state index in [9.17, 15) is 4.79 Å². The molecule has 0 saturated heterocycles. The average molecular weight is 309 g/mol. The number of aryl methyl sites for hydroxylation is 2. The molecule has 0 saturated carbocycles. The quantitative estimate of drug-likeness (QED) is 0.682. The molecule has 3 rings (SSSR count). The van der Waals surface area contributed by atoms with Gasteiger partial charge in [-0.3, -0.25) is 10.1 Å². The summed E-state index contributed by atoms with van der Waals surface area (Å²) in [4.78, 5) is 24.7. The van der Waals surface area contributed by atoms with Crippen LogP contribution in [0.3, 0.4) is 0 Å². The molecule has 0 bridgehead atoms. The zero-order chi connectivity index (χ0) is 16.2. The number of H-pyrrole nitrogens is 1. The Labute approximate surface area is 132 Å². The van der Waals surface area contributed by atoms with E-state index in [1.54, 1.807) is 18.2 Å². The number of carbonyl (C=O) groups excluding carboxylic acids is 1. The molecule has 116 valence electrons. The van der Waals surface area contributed by atoms with Crippen LogP contribution in [-0.2, 0) is 0 Å². The van der Waals surface area contributed by atoms with Crippen molar-refractivity contribution < 1.29 is 4.79 Å². The van der Waals surface area contributed by atoms with Crippen molar-refractivity contribution in [1.82, 2.24) is 25.1 Å². The second-order valence-corrected chi connectivity index (χ2v) is 4.97. The van der Waals surface area contributed by atoms with Crippen molar-refractivity contribution in [2.45, 2.75) is 13.8 Å². The fourth-order valence-electron chi connectivity index (χ4n) is 2.09. The van der Waals surface area contributed by atoms with Gasteiger partial charge in [-0.15, -0.1) is 0 Å². The van der Waals surface area contributed by atoms with Crippen molar-refractivity contribution in [1.29, 1.82) is 0 Å². The van der Waals surface area contributed by atoms with Crippen molar-refractivity contribution in [3.05, 3.63) is 53.6 Å². The zero-order valence-corrected chi connectivity index (χ0v) is 12.7. The molecular formula is C15H15N7O. The molecule has 1 aromatic carbocycles. The van der Waals surface area contributed by atoms with Gasteiger partial charge in [0.25, 0.3) is 5.91 Å². The summed E-state index contributed by atoms with van der Waals surface area (Å²) in [5.41, 5.74) is 2.95. The van der Waals surface area contributed by atoms with E-state index in [4.69, 9.17) is 0 Å². The summed E-state index contributed by atoms with van der Waals surface area (Å²) in [7, 11) is 0. The summed E-state index contributed by atoms with van der Waals surface area (Å²) >= 11 is 0. The van der Waals surface area contributed by atoms with Crippen LogP contribution in [0.2, 0.25) is 0 Å². The molecule has 0 fully saturated rings. The monoisotopic (exact) mass is 309 g/mol. The van der Waals surface area contributed by atoms with Gasteiger partial charge in [-0.1, -0.05) is 6.07 Å². The molecule has 0 atom stereocenters. The maximum absolute atomic E-state index is 12.2. The number of carbonyl (C=O) groups is 1. The third-order valence-electron chi connectivity index (χ3n) is 3.01. The van der Waals surface area contributed by atoms with Gasteiger partial charge in [-0.25, -0.2) is 15.1 Å². The van der Waals surface area contributed by atoms with Crippen molar-refractivity contribution in [2.75, 3.05) is 10.6 Å². The molecule has 8 heteroatoms. The van der Waals surface area contributed by atoms with Crippen molar-refractivity contribution in [2.24, 2.45) is 0 Å². The van der Waals surface area contributed by atoms with E-state index in [1.807, 2.05) is 26.0 Å². The number of amides is 1. The van der Waals surface area contributed by atoms with Gasteiger partial charge in [0.15, 0.2) is 0 Å². The minimum Gasteiger partial charge on any atom is -0.324 e. The lowest BCUT2D eigenvalue weighted by Crippen LogP contribution is -2.13. The number of nitrogens with zero attached hydrogens (tertiary/aromatic N) is 4. The van der Waals surface area contributed by atoms with Crippen LogP contribution in [0, 0.1) is 13.8 Å². The lowest BCUT2D eigenvalue weighted by Gasteiger charge is -2.08. The summed E-state index contributed by atoms with van der Waals surface area (Å²) in [6.07, 6.45) is 1.32. The summed E-state index contributed by atoms with van der Waals surface area (Å²) in [6.45, 7) is 3.81. The molecule has 1 amide bonds. The highest BCUT2D eigenvalue weighted by molar-refractivity contribution is 6.03. The largest absolute Gasteiger partial charge is 0.324 e. The standard InChI is InChI=1S/C15H15N7O/c1-9-6-10(2)19-15(18-9)20-12-5-3-4-11(7-12)13(23)21-14-16-8-17-22-14/h3-8H,1-2H3,(H,18,19,20)(H2,16,17,21,22,23). The van der Waals surface area contributed by atoms with Gasteiger partial charge in [0.1, 0.15) is 6.33 Å². The molecule has 0 unspecified atom stereocenters. The molecule has 0 spiro atoms. The highest BCUT2D eigenvalue weighted by Crippen LogP contribution is 2.16. The van der Waals surface area contributed by atoms with Gasteiger partial charge in [0.05, 0.1) is 0 Å². The molecule has 2 aromatic heterocycles. The van der Waals surface area contributed by atoms with Crippen LogP contribution in [0.15, 0.2) is 36.7 Å². The fourth-order valence-corrected chi connectivity index (χ4v) is 2.09. The maximum atomic E-state index is 12.2. The molecule has 0 aliphatic rings. The molecular weight excluding hydrogens is 294 g/mol. The number of aromatic amines is 1. The number of anilines is 3. The van der Waals surface area contributed by atoms with Crippen molar-refractivity contribution >= 4 is 23.5 Å². The minimum absolute atomic E-state index is 0.285. The zero-order valence-electron chi connectivity index (χ0n) is 12.7. The normalized spacial score (nSPS) is 10.3. The summed E-state index contributed by atoms with van der Waals surface area (Å²) in [5.74, 6) is 0.507. The minimum atomic E-state index is -0.285. The molecule has 2 heterocycles. The number of benzene rings is 1. The van der Waals surface area contributed by atoms with Crippen molar-refractivity contribution in [3.8, 4) is 0 Å². The smallest absolute Gasteiger partial charge is 0.258 e. The molecule has 8 nitrogen and oxygen atoms in total. The van der Waals surface area contributed by atoms with Crippen molar-refractivity contribution in [3.63, 3.8) is 0 Å². The summed E-state index contributed by atoms with van der Waals surface area (Å²) in [5, 5.41) is 12.0. The van der Waals surface area contributed by atoms with Gasteiger partial charge < -0.3 is 5.32 Å². The van der Waals surface area contributed by atoms with E-state index < -0.39 is 0 Å². The highest BCUT2D eigenvalue weighted by Gasteiger charge is 2.09. The lowest BCUT2D eigenvalue weighted by molar-refractivity contribution is 0.102. The predicted octanol–water partition coefficient (Wildman–Crippen LogP) is 2.21. The maximum Gasteiger partial charge on any atom is 0.258 e. The Bertz CT molecular complexity index is 809. The first-order valence-electron chi connectivity index (χ1n) is 6.96. The second kappa shape index (κ2) is 6.22. The van der Waals surface area contributed by atoms with Gasteiger partial charge >= 0.3 is 0 Å². The Morgan fingerprint density at radius 3 is 2.61 bits per heavy atom. The van der Waals surface area contributed by atoms with Gasteiger partial charge in [-0.2, -0.15) is 10.1 Å². The van der Waals surface area contributed by atoms with Crippen LogP contribution < -0.4 is 10.6 Å². The van der Waals surface area contributed by atoms with Gasteiger partial charge in [-0.05, 0) is 38.1 Å². The second-order valence-electron chi connectivity index (χ2n) is 4.97. The van der Waals surface area contributed by atoms with Crippen LogP contribution in [0.4, 0.5) is 17.6 Å². The molecule has 23 heavy (non-hydrogen) atoms. The molecule has 0 radical (unpaired) electrons. The topological polar surface area (TPSA) is 108 Å². The average Bonchev–Trinajstić information content (AvgIpc) is 2.99. The van der Waals surface area contributed by atoms with Crippen LogP contribution in [0.25, 0.3) is 0 Å². The number of hydrogen-bond acceptors (Lipinski definition) is 6. The Kier molecular flexibility index (Phi) is 3.96. The molecule has 3 N–H and O–H groups in total. The summed E-state index contributed by atoms with van der Waals surface area (Å²) < 4.78 is 0. The van der Waals surface area contributed by atoms with E-state index >= 15 is 0 Å². The van der Waals surface area contributed by atoms with Crippen LogP contribution in [0.5, 0.6) is 0 Å². The lowest BCUT2D eigenvalue weighted by atomic mass is 10.2. The fraction of sp³-hybridized carbons (Fsp3) is 0.133. The van der Waals surface area contributed by atoms with Gasteiger partial charge in [0, 0.05) is 22.6 Å². The van der Waals surface area contributed by atoms with Gasteiger partial charge in [0.2, 0.25) is 11.9 Å². The Morgan fingerprint density at radius 1 is 1.13 bits per heavy atom. The SMILES string of the molecule is Cc1cc(C)nc(Nc2cccc(C(=O)Nc3ncn[nH]3)c2)n1. The molecule has 0 aliphatic carbocycles. The third-order valence-corrected chi connectivity index (χ3v) is 3.01. The predicted molar refractivity (Wildman–Crippen MR) is 85.6 cm³/mol. The molecule has 3 aromatic rings.